The molecule has 96 valence electrons. The maximum atomic E-state index is 5.95. The van der Waals surface area contributed by atoms with E-state index in [9.17, 15) is 0 Å². The summed E-state index contributed by atoms with van der Waals surface area (Å²) in [5.74, 6) is 1.59. The van der Waals surface area contributed by atoms with Crippen molar-refractivity contribution < 1.29 is 4.74 Å². The van der Waals surface area contributed by atoms with E-state index in [1.165, 1.54) is 13.0 Å². The van der Waals surface area contributed by atoms with Crippen LogP contribution in [0.3, 0.4) is 0 Å². The van der Waals surface area contributed by atoms with Crippen LogP contribution in [0.25, 0.3) is 0 Å². The molecule has 16 heavy (non-hydrogen) atoms. The van der Waals surface area contributed by atoms with E-state index in [0.29, 0.717) is 6.10 Å². The zero-order valence-corrected chi connectivity index (χ0v) is 11.3. The minimum atomic E-state index is 0. The average Bonchev–Trinajstić information content (AvgIpc) is 2.69. The van der Waals surface area contributed by atoms with Crippen molar-refractivity contribution in [3.63, 3.8) is 0 Å². The number of likely N-dealkylation sites (N-methyl/N-ethyl adjacent to an activating group) is 1. The Balaban J connectivity index is 0.00000128. The third kappa shape index (κ3) is 3.10. The zero-order chi connectivity index (χ0) is 10.7. The van der Waals surface area contributed by atoms with E-state index in [2.05, 4.69) is 24.1 Å². The molecule has 0 spiro atoms. The summed E-state index contributed by atoms with van der Waals surface area (Å²) in [6.45, 7) is 11.2. The van der Waals surface area contributed by atoms with Crippen LogP contribution in [0.15, 0.2) is 0 Å². The third-order valence-corrected chi connectivity index (χ3v) is 4.01. The quantitative estimate of drug-likeness (QED) is 0.814. The summed E-state index contributed by atoms with van der Waals surface area (Å²) in [4.78, 5) is 2.47. The zero-order valence-electron chi connectivity index (χ0n) is 10.4. The first kappa shape index (κ1) is 14.2. The molecule has 0 radical (unpaired) electrons. The Morgan fingerprint density at radius 1 is 1.31 bits per heavy atom. The maximum Gasteiger partial charge on any atom is 0.0745 e. The minimum absolute atomic E-state index is 0. The van der Waals surface area contributed by atoms with Crippen LogP contribution in [0.1, 0.15) is 20.3 Å². The molecule has 0 amide bonds. The predicted molar refractivity (Wildman–Crippen MR) is 69.2 cm³/mol. The molecule has 2 aliphatic heterocycles. The lowest BCUT2D eigenvalue weighted by Gasteiger charge is -2.30. The van der Waals surface area contributed by atoms with Gasteiger partial charge in [0.05, 0.1) is 12.7 Å². The molecule has 0 unspecified atom stereocenters. The largest absolute Gasteiger partial charge is 0.376 e. The van der Waals surface area contributed by atoms with Crippen molar-refractivity contribution in [2.24, 2.45) is 11.8 Å². The molecule has 0 aromatic rings. The second-order valence-electron chi connectivity index (χ2n) is 4.77. The molecule has 2 fully saturated rings. The lowest BCUT2D eigenvalue weighted by atomic mass is 9.85. The second-order valence-corrected chi connectivity index (χ2v) is 4.77. The van der Waals surface area contributed by atoms with Crippen molar-refractivity contribution in [3.05, 3.63) is 0 Å². The number of halogens is 1. The summed E-state index contributed by atoms with van der Waals surface area (Å²) >= 11 is 0. The van der Waals surface area contributed by atoms with Crippen LogP contribution in [0.2, 0.25) is 0 Å². The summed E-state index contributed by atoms with van der Waals surface area (Å²) in [6.07, 6.45) is 1.78. The van der Waals surface area contributed by atoms with E-state index in [1.807, 2.05) is 0 Å². The standard InChI is InChI=1S/C12H24N2O.ClH/c1-3-14(4-2)8-12-11-7-13-6-5-10(11)9-15-12;/h10-13H,3-9H2,1-2H3;1H/t10-,11-,12+;/m0./s1. The molecule has 2 saturated heterocycles. The molecule has 0 bridgehead atoms. The van der Waals surface area contributed by atoms with Gasteiger partial charge >= 0.3 is 0 Å². The molecular formula is C12H25ClN2O. The smallest absolute Gasteiger partial charge is 0.0745 e. The van der Waals surface area contributed by atoms with E-state index < -0.39 is 0 Å². The fraction of sp³-hybridized carbons (Fsp3) is 1.00. The monoisotopic (exact) mass is 248 g/mol. The highest BCUT2D eigenvalue weighted by molar-refractivity contribution is 5.85. The molecule has 0 aromatic heterocycles. The summed E-state index contributed by atoms with van der Waals surface area (Å²) in [5, 5.41) is 3.50. The molecule has 4 heteroatoms. The van der Waals surface area contributed by atoms with E-state index >= 15 is 0 Å². The molecule has 2 heterocycles. The summed E-state index contributed by atoms with van der Waals surface area (Å²) in [6, 6.07) is 0. The maximum absolute atomic E-state index is 5.95. The first-order valence-electron chi connectivity index (χ1n) is 6.39. The number of hydrogen-bond acceptors (Lipinski definition) is 3. The van der Waals surface area contributed by atoms with E-state index in [4.69, 9.17) is 4.74 Å². The number of nitrogens with zero attached hydrogens (tertiary/aromatic N) is 1. The summed E-state index contributed by atoms with van der Waals surface area (Å²) < 4.78 is 5.95. The number of hydrogen-bond donors (Lipinski definition) is 1. The van der Waals surface area contributed by atoms with Gasteiger partial charge in [-0.1, -0.05) is 13.8 Å². The lowest BCUT2D eigenvalue weighted by molar-refractivity contribution is 0.0576. The number of fused-ring (bicyclic) bond motifs is 1. The highest BCUT2D eigenvalue weighted by Crippen LogP contribution is 2.31. The Kier molecular flexibility index (Phi) is 6.05. The fourth-order valence-electron chi connectivity index (χ4n) is 2.87. The highest BCUT2D eigenvalue weighted by atomic mass is 35.5. The normalized spacial score (nSPS) is 33.6. The third-order valence-electron chi connectivity index (χ3n) is 4.01. The Bertz CT molecular complexity index is 199. The molecule has 0 aromatic carbocycles. The Morgan fingerprint density at radius 2 is 2.06 bits per heavy atom. The van der Waals surface area contributed by atoms with E-state index in [-0.39, 0.29) is 12.4 Å². The lowest BCUT2D eigenvalue weighted by Crippen LogP contribution is -2.43. The molecule has 3 atom stereocenters. The van der Waals surface area contributed by atoms with Crippen LogP contribution in [0, 0.1) is 11.8 Å². The van der Waals surface area contributed by atoms with Crippen molar-refractivity contribution in [3.8, 4) is 0 Å². The fourth-order valence-corrected chi connectivity index (χ4v) is 2.87. The first-order chi connectivity index (χ1) is 7.35. The van der Waals surface area contributed by atoms with Crippen LogP contribution < -0.4 is 5.32 Å². The second kappa shape index (κ2) is 6.80. The molecule has 1 N–H and O–H groups in total. The van der Waals surface area contributed by atoms with Crippen molar-refractivity contribution >= 4 is 12.4 Å². The first-order valence-corrected chi connectivity index (χ1v) is 6.39. The van der Waals surface area contributed by atoms with Crippen LogP contribution in [-0.4, -0.2) is 50.3 Å². The molecule has 0 aliphatic carbocycles. The summed E-state index contributed by atoms with van der Waals surface area (Å²) in [5.41, 5.74) is 0. The molecule has 2 rings (SSSR count). The SMILES string of the molecule is CCN(CC)C[C@H]1OC[C@@H]2CCNC[C@@H]21.Cl. The number of piperidine rings is 1. The Labute approximate surface area is 105 Å². The Hall–Kier alpha value is 0.170. The Morgan fingerprint density at radius 3 is 2.75 bits per heavy atom. The number of rotatable bonds is 4. The van der Waals surface area contributed by atoms with Gasteiger partial charge in [-0.25, -0.2) is 0 Å². The van der Waals surface area contributed by atoms with Crippen molar-refractivity contribution in [1.82, 2.24) is 10.2 Å². The number of ether oxygens (including phenoxy) is 1. The van der Waals surface area contributed by atoms with Crippen LogP contribution in [0.5, 0.6) is 0 Å². The van der Waals surface area contributed by atoms with Gasteiger partial charge < -0.3 is 15.0 Å². The topological polar surface area (TPSA) is 24.5 Å². The predicted octanol–water partition coefficient (Wildman–Crippen LogP) is 1.37. The van der Waals surface area contributed by atoms with Crippen molar-refractivity contribution in [2.75, 3.05) is 39.3 Å². The van der Waals surface area contributed by atoms with Gasteiger partial charge in [0.2, 0.25) is 0 Å². The molecule has 3 nitrogen and oxygen atoms in total. The van der Waals surface area contributed by atoms with Gasteiger partial charge in [0.25, 0.3) is 0 Å². The molecule has 2 aliphatic rings. The van der Waals surface area contributed by atoms with Crippen molar-refractivity contribution in [2.45, 2.75) is 26.4 Å². The van der Waals surface area contributed by atoms with Gasteiger partial charge in [-0.3, -0.25) is 0 Å². The number of nitrogens with one attached hydrogen (secondary N) is 1. The summed E-state index contributed by atoms with van der Waals surface area (Å²) in [7, 11) is 0. The van der Waals surface area contributed by atoms with Crippen molar-refractivity contribution in [1.29, 1.82) is 0 Å². The van der Waals surface area contributed by atoms with Crippen LogP contribution >= 0.6 is 12.4 Å². The van der Waals surface area contributed by atoms with Gasteiger partial charge in [0, 0.05) is 19.0 Å². The van der Waals surface area contributed by atoms with Crippen LogP contribution in [0.4, 0.5) is 0 Å². The van der Waals surface area contributed by atoms with E-state index in [0.717, 1.165) is 44.6 Å². The van der Waals surface area contributed by atoms with Gasteiger partial charge in [0.15, 0.2) is 0 Å². The van der Waals surface area contributed by atoms with E-state index in [1.54, 1.807) is 0 Å². The molecular weight excluding hydrogens is 224 g/mol. The highest BCUT2D eigenvalue weighted by Gasteiger charge is 2.38. The molecule has 0 saturated carbocycles. The van der Waals surface area contributed by atoms with Gasteiger partial charge in [-0.15, -0.1) is 12.4 Å². The van der Waals surface area contributed by atoms with Gasteiger partial charge in [-0.2, -0.15) is 0 Å². The average molecular weight is 249 g/mol. The minimum Gasteiger partial charge on any atom is -0.376 e. The van der Waals surface area contributed by atoms with Gasteiger partial charge in [-0.05, 0) is 32.0 Å². The van der Waals surface area contributed by atoms with Crippen LogP contribution in [-0.2, 0) is 4.74 Å². The van der Waals surface area contributed by atoms with Gasteiger partial charge in [0.1, 0.15) is 0 Å².